The highest BCUT2D eigenvalue weighted by Gasteiger charge is 2.30. The molecule has 0 radical (unpaired) electrons. The molecule has 1 unspecified atom stereocenters. The maximum Gasteiger partial charge on any atom is 0.200 e. The molecule has 2 aromatic rings. The van der Waals surface area contributed by atoms with Crippen LogP contribution in [0.15, 0.2) is 12.1 Å². The van der Waals surface area contributed by atoms with E-state index >= 15 is 0 Å². The van der Waals surface area contributed by atoms with Crippen molar-refractivity contribution in [1.29, 1.82) is 0 Å². The van der Waals surface area contributed by atoms with Crippen molar-refractivity contribution in [3.8, 4) is 0 Å². The number of alkyl halides is 1. The van der Waals surface area contributed by atoms with Crippen molar-refractivity contribution in [2.45, 2.75) is 11.8 Å². The zero-order valence-electron chi connectivity index (χ0n) is 9.41. The van der Waals surface area contributed by atoms with Crippen molar-refractivity contribution in [3.63, 3.8) is 0 Å². The number of rotatable bonds is 2. The van der Waals surface area contributed by atoms with E-state index < -0.39 is 39.5 Å². The average molecular weight is 357 g/mol. The molecule has 1 aromatic carbocycles. The van der Waals surface area contributed by atoms with Crippen molar-refractivity contribution in [2.75, 3.05) is 0 Å². The number of hydrogen-bond acceptors (Lipinski definition) is 1. The summed E-state index contributed by atoms with van der Waals surface area (Å²) in [6.45, 7) is 1.77. The smallest absolute Gasteiger partial charge is 0.200 e. The highest BCUT2D eigenvalue weighted by Crippen LogP contribution is 2.39. The van der Waals surface area contributed by atoms with E-state index in [2.05, 4.69) is 15.9 Å². The van der Waals surface area contributed by atoms with Crippen LogP contribution in [0.2, 0.25) is 0 Å². The van der Waals surface area contributed by atoms with Crippen LogP contribution in [-0.2, 0) is 0 Å². The van der Waals surface area contributed by atoms with Crippen LogP contribution in [0, 0.1) is 36.0 Å². The molecule has 0 spiro atoms. The zero-order chi connectivity index (χ0) is 14.3. The van der Waals surface area contributed by atoms with Crippen LogP contribution in [0.25, 0.3) is 0 Å². The van der Waals surface area contributed by atoms with Crippen molar-refractivity contribution in [2.24, 2.45) is 0 Å². The Morgan fingerprint density at radius 1 is 0.895 bits per heavy atom. The van der Waals surface area contributed by atoms with Gasteiger partial charge >= 0.3 is 0 Å². The van der Waals surface area contributed by atoms with Crippen LogP contribution in [0.1, 0.15) is 20.1 Å². The molecule has 0 amide bonds. The third kappa shape index (κ3) is 2.41. The zero-order valence-corrected chi connectivity index (χ0v) is 11.8. The number of halogens is 6. The fourth-order valence-corrected chi connectivity index (χ4v) is 3.28. The Balaban J connectivity index is 2.63. The SMILES string of the molecule is Cc1ccc(C(Br)c2c(F)c(F)c(F)c(F)c2F)s1. The minimum Gasteiger partial charge on any atom is -0.203 e. The molecule has 0 aliphatic rings. The van der Waals surface area contributed by atoms with Gasteiger partial charge in [-0.3, -0.25) is 0 Å². The van der Waals surface area contributed by atoms with Crippen molar-refractivity contribution < 1.29 is 22.0 Å². The minimum absolute atomic E-state index is 0.459. The van der Waals surface area contributed by atoms with E-state index in [1.165, 1.54) is 11.3 Å². The quantitative estimate of drug-likeness (QED) is 0.299. The number of hydrogen-bond donors (Lipinski definition) is 0. The summed E-state index contributed by atoms with van der Waals surface area (Å²) < 4.78 is 66.3. The number of aryl methyl sites for hydroxylation is 1. The predicted octanol–water partition coefficient (Wildman–Crippen LogP) is 5.24. The molecule has 0 aliphatic heterocycles. The van der Waals surface area contributed by atoms with Gasteiger partial charge in [-0.05, 0) is 19.1 Å². The van der Waals surface area contributed by atoms with Gasteiger partial charge in [-0.15, -0.1) is 11.3 Å². The van der Waals surface area contributed by atoms with Crippen LogP contribution < -0.4 is 0 Å². The van der Waals surface area contributed by atoms with Gasteiger partial charge in [-0.2, -0.15) is 0 Å². The molecule has 0 fully saturated rings. The molecule has 1 atom stereocenters. The second-order valence-corrected chi connectivity index (χ2v) is 6.03. The Kier molecular flexibility index (Phi) is 3.96. The third-order valence-electron chi connectivity index (χ3n) is 2.51. The van der Waals surface area contributed by atoms with Crippen LogP contribution in [-0.4, -0.2) is 0 Å². The first-order chi connectivity index (χ1) is 8.84. The van der Waals surface area contributed by atoms with E-state index in [4.69, 9.17) is 0 Å². The Hall–Kier alpha value is -0.950. The average Bonchev–Trinajstić information content (AvgIpc) is 2.81. The van der Waals surface area contributed by atoms with Gasteiger partial charge in [-0.25, -0.2) is 22.0 Å². The fraction of sp³-hybridized carbons (Fsp3) is 0.167. The topological polar surface area (TPSA) is 0 Å². The van der Waals surface area contributed by atoms with Gasteiger partial charge in [0.25, 0.3) is 0 Å². The van der Waals surface area contributed by atoms with E-state index in [0.717, 1.165) is 4.88 Å². The lowest BCUT2D eigenvalue weighted by molar-refractivity contribution is 0.371. The molecular weight excluding hydrogens is 351 g/mol. The van der Waals surface area contributed by atoms with Gasteiger partial charge in [0, 0.05) is 15.3 Å². The lowest BCUT2D eigenvalue weighted by Crippen LogP contribution is -2.08. The van der Waals surface area contributed by atoms with E-state index in [1.807, 2.05) is 0 Å². The summed E-state index contributed by atoms with van der Waals surface area (Å²) in [4.78, 5) is 0.236. The second kappa shape index (κ2) is 5.20. The molecule has 0 saturated heterocycles. The van der Waals surface area contributed by atoms with Gasteiger partial charge in [-0.1, -0.05) is 15.9 Å². The summed E-state index contributed by atoms with van der Waals surface area (Å²) in [6.07, 6.45) is 0. The minimum atomic E-state index is -2.15. The maximum atomic E-state index is 13.6. The summed E-state index contributed by atoms with van der Waals surface area (Å²) in [5, 5.41) is 0. The van der Waals surface area contributed by atoms with Gasteiger partial charge < -0.3 is 0 Å². The van der Waals surface area contributed by atoms with Gasteiger partial charge in [0.1, 0.15) is 0 Å². The first kappa shape index (κ1) is 14.5. The molecule has 0 aliphatic carbocycles. The van der Waals surface area contributed by atoms with Crippen molar-refractivity contribution >= 4 is 27.3 Å². The van der Waals surface area contributed by atoms with Crippen LogP contribution >= 0.6 is 27.3 Å². The Morgan fingerprint density at radius 2 is 1.37 bits per heavy atom. The van der Waals surface area contributed by atoms with Crippen molar-refractivity contribution in [3.05, 3.63) is 56.5 Å². The lowest BCUT2D eigenvalue weighted by Gasteiger charge is -2.12. The summed E-state index contributed by atoms with van der Waals surface area (Å²) in [5.41, 5.74) is -0.877. The first-order valence-electron chi connectivity index (χ1n) is 5.06. The first-order valence-corrected chi connectivity index (χ1v) is 6.79. The Morgan fingerprint density at radius 3 is 1.79 bits per heavy atom. The fourth-order valence-electron chi connectivity index (χ4n) is 1.58. The predicted molar refractivity (Wildman–Crippen MR) is 66.1 cm³/mol. The molecule has 2 rings (SSSR count). The van der Waals surface area contributed by atoms with Gasteiger partial charge in [0.15, 0.2) is 23.3 Å². The molecule has 0 N–H and O–H groups in total. The molecule has 0 saturated carbocycles. The molecule has 19 heavy (non-hydrogen) atoms. The standard InChI is InChI=1S/C12H6BrF5S/c1-4-2-3-5(19-4)7(13)6-8(14)10(16)12(18)11(17)9(6)15/h2-3,7H,1H3. The van der Waals surface area contributed by atoms with Crippen LogP contribution in [0.3, 0.4) is 0 Å². The van der Waals surface area contributed by atoms with E-state index in [0.29, 0.717) is 4.88 Å². The summed E-state index contributed by atoms with van der Waals surface area (Å²) in [7, 11) is 0. The summed E-state index contributed by atoms with van der Waals surface area (Å²) >= 11 is 4.18. The highest BCUT2D eigenvalue weighted by molar-refractivity contribution is 9.09. The molecule has 1 heterocycles. The number of thiophene rings is 1. The largest absolute Gasteiger partial charge is 0.203 e. The number of benzene rings is 1. The molecule has 0 nitrogen and oxygen atoms in total. The Labute approximate surface area is 118 Å². The lowest BCUT2D eigenvalue weighted by atomic mass is 10.1. The van der Waals surface area contributed by atoms with Gasteiger partial charge in [0.05, 0.1) is 4.83 Å². The molecule has 7 heteroatoms. The van der Waals surface area contributed by atoms with Crippen LogP contribution in [0.4, 0.5) is 22.0 Å². The maximum absolute atomic E-state index is 13.6. The van der Waals surface area contributed by atoms with Gasteiger partial charge in [0.2, 0.25) is 5.82 Å². The monoisotopic (exact) mass is 356 g/mol. The second-order valence-electron chi connectivity index (χ2n) is 3.79. The summed E-state index contributed by atoms with van der Waals surface area (Å²) in [6, 6.07) is 3.26. The molecular formula is C12H6BrF5S. The molecule has 1 aromatic heterocycles. The molecule has 102 valence electrons. The van der Waals surface area contributed by atoms with E-state index in [9.17, 15) is 22.0 Å². The van der Waals surface area contributed by atoms with Crippen LogP contribution in [0.5, 0.6) is 0 Å². The summed E-state index contributed by atoms with van der Waals surface area (Å²) in [5.74, 6) is -9.66. The molecule has 0 bridgehead atoms. The Bertz CT molecular complexity index is 608. The highest BCUT2D eigenvalue weighted by atomic mass is 79.9. The van der Waals surface area contributed by atoms with E-state index in [1.54, 1.807) is 19.1 Å². The normalized spacial score (nSPS) is 12.8. The van der Waals surface area contributed by atoms with E-state index in [-0.39, 0.29) is 0 Å². The van der Waals surface area contributed by atoms with Crippen molar-refractivity contribution in [1.82, 2.24) is 0 Å². The third-order valence-corrected chi connectivity index (χ3v) is 4.83.